The zero-order valence-electron chi connectivity index (χ0n) is 24.7. The molecule has 220 valence electrons. The molecule has 0 saturated heterocycles. The third kappa shape index (κ3) is 8.46. The van der Waals surface area contributed by atoms with Crippen LogP contribution in [0.3, 0.4) is 0 Å². The minimum Gasteiger partial charge on any atom is -0.443 e. The largest absolute Gasteiger partial charge is 0.443 e. The number of fused-ring (bicyclic) bond motifs is 1. The summed E-state index contributed by atoms with van der Waals surface area (Å²) in [4.78, 5) is 41.1. The van der Waals surface area contributed by atoms with E-state index in [-0.39, 0.29) is 11.8 Å². The number of hydrazine groups is 1. The van der Waals surface area contributed by atoms with Crippen molar-refractivity contribution < 1.29 is 19.1 Å². The van der Waals surface area contributed by atoms with Crippen molar-refractivity contribution in [1.82, 2.24) is 10.7 Å². The summed E-state index contributed by atoms with van der Waals surface area (Å²) in [5.74, 6) is -0.639. The first-order valence-electron chi connectivity index (χ1n) is 14.4. The Bertz CT molecular complexity index is 1390. The van der Waals surface area contributed by atoms with Crippen LogP contribution in [0.4, 0.5) is 16.2 Å². The SMILES string of the molecule is C[C@@H](C(=O)NC(C=CC(=O)NN1CCc2ccccc21)CCc1ccccc1)N(C(=O)OC(C)(C)C)c1ccccc1. The van der Waals surface area contributed by atoms with Gasteiger partial charge < -0.3 is 10.1 Å². The predicted molar refractivity (Wildman–Crippen MR) is 166 cm³/mol. The average molecular weight is 569 g/mol. The number of rotatable bonds is 10. The van der Waals surface area contributed by atoms with Gasteiger partial charge in [-0.2, -0.15) is 0 Å². The molecular weight excluding hydrogens is 528 g/mol. The van der Waals surface area contributed by atoms with Gasteiger partial charge in [-0.15, -0.1) is 0 Å². The number of benzene rings is 3. The zero-order valence-corrected chi connectivity index (χ0v) is 24.7. The number of anilines is 2. The Morgan fingerprint density at radius 1 is 0.952 bits per heavy atom. The Labute approximate surface area is 248 Å². The van der Waals surface area contributed by atoms with Gasteiger partial charge in [0.15, 0.2) is 0 Å². The van der Waals surface area contributed by atoms with Crippen LogP contribution in [0.5, 0.6) is 0 Å². The van der Waals surface area contributed by atoms with Crippen molar-refractivity contribution in [3.8, 4) is 0 Å². The van der Waals surface area contributed by atoms with Crippen molar-refractivity contribution in [2.75, 3.05) is 16.5 Å². The average Bonchev–Trinajstić information content (AvgIpc) is 3.37. The van der Waals surface area contributed by atoms with E-state index in [2.05, 4.69) is 16.8 Å². The van der Waals surface area contributed by atoms with Gasteiger partial charge in [-0.25, -0.2) is 4.79 Å². The van der Waals surface area contributed by atoms with E-state index in [9.17, 15) is 14.4 Å². The van der Waals surface area contributed by atoms with Crippen LogP contribution in [0.15, 0.2) is 97.1 Å². The maximum absolute atomic E-state index is 13.6. The molecule has 0 bridgehead atoms. The van der Waals surface area contributed by atoms with E-state index >= 15 is 0 Å². The normalized spacial score (nSPS) is 14.1. The Morgan fingerprint density at radius 2 is 1.60 bits per heavy atom. The van der Waals surface area contributed by atoms with Crippen LogP contribution in [-0.4, -0.2) is 42.1 Å². The minimum atomic E-state index is -0.871. The Hall–Kier alpha value is -4.59. The number of nitrogens with zero attached hydrogens (tertiary/aromatic N) is 2. The Balaban J connectivity index is 1.49. The summed E-state index contributed by atoms with van der Waals surface area (Å²) in [6.07, 6.45) is 4.69. The van der Waals surface area contributed by atoms with Crippen LogP contribution >= 0.6 is 0 Å². The molecule has 1 aliphatic rings. The first kappa shape index (κ1) is 30.4. The third-order valence-corrected chi connectivity index (χ3v) is 6.92. The predicted octanol–water partition coefficient (Wildman–Crippen LogP) is 5.58. The Kier molecular flexibility index (Phi) is 10.0. The lowest BCUT2D eigenvalue weighted by atomic mass is 10.0. The number of ether oxygens (including phenoxy) is 1. The van der Waals surface area contributed by atoms with Crippen molar-refractivity contribution in [1.29, 1.82) is 0 Å². The second kappa shape index (κ2) is 13.9. The number of hydrogen-bond acceptors (Lipinski definition) is 5. The fourth-order valence-corrected chi connectivity index (χ4v) is 4.82. The first-order chi connectivity index (χ1) is 20.1. The molecule has 1 aliphatic heterocycles. The number of amides is 3. The molecule has 3 aromatic rings. The highest BCUT2D eigenvalue weighted by atomic mass is 16.6. The molecule has 1 unspecified atom stereocenters. The van der Waals surface area contributed by atoms with E-state index in [4.69, 9.17) is 4.74 Å². The summed E-state index contributed by atoms with van der Waals surface area (Å²) in [6.45, 7) is 7.73. The van der Waals surface area contributed by atoms with Crippen LogP contribution in [0, 0.1) is 0 Å². The highest BCUT2D eigenvalue weighted by molar-refractivity contribution is 5.97. The molecule has 0 aromatic heterocycles. The molecule has 0 radical (unpaired) electrons. The van der Waals surface area contributed by atoms with Crippen LogP contribution < -0.4 is 20.7 Å². The van der Waals surface area contributed by atoms with Gasteiger partial charge in [-0.3, -0.25) is 24.9 Å². The lowest BCUT2D eigenvalue weighted by Crippen LogP contribution is -2.51. The highest BCUT2D eigenvalue weighted by Gasteiger charge is 2.32. The van der Waals surface area contributed by atoms with Gasteiger partial charge in [-0.1, -0.05) is 72.8 Å². The van der Waals surface area contributed by atoms with Crippen LogP contribution in [-0.2, 0) is 27.2 Å². The fourth-order valence-electron chi connectivity index (χ4n) is 4.82. The van der Waals surface area contributed by atoms with E-state index in [0.717, 1.165) is 17.7 Å². The van der Waals surface area contributed by atoms with E-state index in [1.165, 1.54) is 16.5 Å². The van der Waals surface area contributed by atoms with Crippen LogP contribution in [0.2, 0.25) is 0 Å². The first-order valence-corrected chi connectivity index (χ1v) is 14.4. The number of nitrogens with one attached hydrogen (secondary N) is 2. The Morgan fingerprint density at radius 3 is 2.29 bits per heavy atom. The minimum absolute atomic E-state index is 0.279. The summed E-state index contributed by atoms with van der Waals surface area (Å²) in [5, 5.41) is 4.90. The maximum atomic E-state index is 13.6. The van der Waals surface area contributed by atoms with Crippen molar-refractivity contribution in [3.63, 3.8) is 0 Å². The van der Waals surface area contributed by atoms with Crippen molar-refractivity contribution in [2.24, 2.45) is 0 Å². The topological polar surface area (TPSA) is 91.0 Å². The third-order valence-electron chi connectivity index (χ3n) is 6.92. The number of carbonyl (C=O) groups is 3. The maximum Gasteiger partial charge on any atom is 0.415 e. The number of hydrogen-bond donors (Lipinski definition) is 2. The van der Waals surface area contributed by atoms with Crippen LogP contribution in [0.1, 0.15) is 45.2 Å². The van der Waals surface area contributed by atoms with Crippen molar-refractivity contribution in [3.05, 3.63) is 108 Å². The molecule has 0 saturated carbocycles. The molecule has 42 heavy (non-hydrogen) atoms. The van der Waals surface area contributed by atoms with E-state index < -0.39 is 23.8 Å². The second-order valence-electron chi connectivity index (χ2n) is 11.4. The summed E-state index contributed by atoms with van der Waals surface area (Å²) in [6, 6.07) is 25.6. The van der Waals surface area contributed by atoms with E-state index in [1.807, 2.05) is 59.6 Å². The molecule has 0 aliphatic carbocycles. The number of aryl methyl sites for hydroxylation is 1. The smallest absolute Gasteiger partial charge is 0.415 e. The van der Waals surface area contributed by atoms with Crippen molar-refractivity contribution >= 4 is 29.3 Å². The van der Waals surface area contributed by atoms with Gasteiger partial charge in [0, 0.05) is 24.4 Å². The highest BCUT2D eigenvalue weighted by Crippen LogP contribution is 2.25. The molecular formula is C34H40N4O4. The van der Waals surface area contributed by atoms with E-state index in [0.29, 0.717) is 25.1 Å². The molecule has 0 fully saturated rings. The van der Waals surface area contributed by atoms with Crippen LogP contribution in [0.25, 0.3) is 0 Å². The molecule has 1 heterocycles. The molecule has 2 atom stereocenters. The monoisotopic (exact) mass is 568 g/mol. The summed E-state index contributed by atoms with van der Waals surface area (Å²) >= 11 is 0. The van der Waals surface area contributed by atoms with Gasteiger partial charge in [0.1, 0.15) is 11.6 Å². The van der Waals surface area contributed by atoms with Gasteiger partial charge in [0.05, 0.1) is 5.69 Å². The molecule has 0 spiro atoms. The van der Waals surface area contributed by atoms with Gasteiger partial charge >= 0.3 is 6.09 Å². The lowest BCUT2D eigenvalue weighted by molar-refractivity contribution is -0.122. The molecule has 2 N–H and O–H groups in total. The van der Waals surface area contributed by atoms with Gasteiger partial charge in [-0.05, 0) is 76.3 Å². The van der Waals surface area contributed by atoms with Gasteiger partial charge in [0.25, 0.3) is 5.91 Å². The van der Waals surface area contributed by atoms with Crippen molar-refractivity contribution in [2.45, 2.75) is 64.6 Å². The summed E-state index contributed by atoms with van der Waals surface area (Å²) in [7, 11) is 0. The zero-order chi connectivity index (χ0) is 30.1. The quantitative estimate of drug-likeness (QED) is 0.312. The number of carbonyl (C=O) groups excluding carboxylic acids is 3. The molecule has 8 heteroatoms. The molecule has 4 rings (SSSR count). The number of para-hydroxylation sites is 2. The second-order valence-corrected chi connectivity index (χ2v) is 11.4. The summed E-state index contributed by atoms with van der Waals surface area (Å²) < 4.78 is 5.64. The fraction of sp³-hybridized carbons (Fsp3) is 0.324. The molecule has 3 aromatic carbocycles. The summed E-state index contributed by atoms with van der Waals surface area (Å²) in [5.41, 5.74) is 6.07. The molecule has 8 nitrogen and oxygen atoms in total. The molecule has 3 amide bonds. The lowest BCUT2D eigenvalue weighted by Gasteiger charge is -2.31. The van der Waals surface area contributed by atoms with E-state index in [1.54, 1.807) is 58.0 Å². The van der Waals surface area contributed by atoms with Gasteiger partial charge in [0.2, 0.25) is 5.91 Å². The standard InChI is InChI=1S/C34H40N4O4/c1-25(38(29-16-9-6-10-17-29)33(41)42-34(2,3)4)32(40)35-28(20-19-26-13-7-5-8-14-26)21-22-31(39)36-37-24-23-27-15-11-12-18-30(27)37/h5-18,21-22,25,28H,19-20,23-24H2,1-4H3,(H,35,40)(H,36,39)/t25-,28?/m0/s1.